The van der Waals surface area contributed by atoms with E-state index in [9.17, 15) is 23.1 Å². The number of hydrogen-bond donors (Lipinski definition) is 2. The number of aryl methyl sites for hydroxylation is 1. The van der Waals surface area contributed by atoms with Crippen molar-refractivity contribution in [3.05, 3.63) is 64.5 Å². The Balaban J connectivity index is 1.45. The zero-order valence-electron chi connectivity index (χ0n) is 19.6. The van der Waals surface area contributed by atoms with Crippen LogP contribution in [0.5, 0.6) is 5.88 Å². The lowest BCUT2D eigenvalue weighted by Crippen LogP contribution is -2.39. The summed E-state index contributed by atoms with van der Waals surface area (Å²) < 4.78 is 54.8. The molecule has 6 rings (SSSR count). The molecule has 1 saturated carbocycles. The fourth-order valence-corrected chi connectivity index (χ4v) is 5.42. The van der Waals surface area contributed by atoms with E-state index in [1.165, 1.54) is 24.5 Å². The van der Waals surface area contributed by atoms with Crippen LogP contribution in [0.15, 0.2) is 36.8 Å². The van der Waals surface area contributed by atoms with E-state index >= 15 is 4.39 Å². The topological polar surface area (TPSA) is 105 Å². The minimum Gasteiger partial charge on any atom is -0.493 e. The largest absolute Gasteiger partial charge is 0.493 e. The normalized spacial score (nSPS) is 19.1. The van der Waals surface area contributed by atoms with Crippen molar-refractivity contribution in [3.8, 4) is 17.4 Å². The van der Waals surface area contributed by atoms with Gasteiger partial charge in [-0.25, -0.2) is 19.3 Å². The van der Waals surface area contributed by atoms with Crippen molar-refractivity contribution in [2.75, 3.05) is 5.32 Å². The van der Waals surface area contributed by atoms with Crippen molar-refractivity contribution in [1.29, 1.82) is 0 Å². The monoisotopic (exact) mass is 546 g/mol. The Bertz CT molecular complexity index is 1600. The maximum Gasteiger partial charge on any atom is 0.389 e. The molecule has 13 heteroatoms. The quantitative estimate of drug-likeness (QED) is 0.321. The van der Waals surface area contributed by atoms with Gasteiger partial charge < -0.3 is 14.8 Å². The molecule has 0 saturated heterocycles. The van der Waals surface area contributed by atoms with Crippen LogP contribution in [0.3, 0.4) is 0 Å². The summed E-state index contributed by atoms with van der Waals surface area (Å²) in [6, 6.07) is 4.02. The van der Waals surface area contributed by atoms with Crippen molar-refractivity contribution in [2.24, 2.45) is 5.92 Å². The molecule has 3 aromatic heterocycles. The van der Waals surface area contributed by atoms with Crippen molar-refractivity contribution < 1.29 is 27.5 Å². The van der Waals surface area contributed by atoms with Gasteiger partial charge >= 0.3 is 6.18 Å². The Kier molecular flexibility index (Phi) is 5.56. The molecule has 1 aromatic carbocycles. The molecule has 8 nitrogen and oxygen atoms in total. The molecule has 196 valence electrons. The van der Waals surface area contributed by atoms with E-state index in [1.807, 2.05) is 0 Å². The summed E-state index contributed by atoms with van der Waals surface area (Å²) in [7, 11) is 0. The number of carbonyl (C=O) groups is 1. The van der Waals surface area contributed by atoms with E-state index in [4.69, 9.17) is 11.6 Å². The summed E-state index contributed by atoms with van der Waals surface area (Å²) in [5, 5.41) is 14.0. The molecule has 1 aliphatic heterocycles. The number of nitrogens with one attached hydrogen (secondary N) is 1. The molecule has 0 bridgehead atoms. The van der Waals surface area contributed by atoms with Gasteiger partial charge in [0, 0.05) is 35.6 Å². The third-order valence-electron chi connectivity index (χ3n) is 6.97. The predicted octanol–water partition coefficient (Wildman–Crippen LogP) is 5.22. The number of carbonyl (C=O) groups excluding carboxylic acids is 1. The molecule has 1 atom stereocenters. The lowest BCUT2D eigenvalue weighted by Gasteiger charge is -2.28. The van der Waals surface area contributed by atoms with Crippen LogP contribution in [0.2, 0.25) is 5.02 Å². The third-order valence-corrected chi connectivity index (χ3v) is 7.20. The number of anilines is 1. The van der Waals surface area contributed by atoms with Crippen molar-refractivity contribution >= 4 is 29.0 Å². The molecule has 1 fully saturated rings. The fraction of sp³-hybridized carbons (Fsp3) is 0.320. The standard InChI is InChI=1S/C25H19ClF4N6O2/c26-13-5-6-14(15(27)10-13)25(12-3-4-12)18-20(35-23(25)38)33-19(34-22(18)37)17-11-36-9-8-31-21(36)16(32-17)2-1-7-24(28,29)30/h5-6,8-12H,1-4,7H2,(H2,33,34,35,37,38). The van der Waals surface area contributed by atoms with Crippen molar-refractivity contribution in [3.63, 3.8) is 0 Å². The average molecular weight is 547 g/mol. The summed E-state index contributed by atoms with van der Waals surface area (Å²) in [6.07, 6.45) is 0.428. The van der Waals surface area contributed by atoms with Gasteiger partial charge in [-0.3, -0.25) is 4.79 Å². The second-order valence-electron chi connectivity index (χ2n) is 9.45. The van der Waals surface area contributed by atoms with E-state index in [0.717, 1.165) is 6.07 Å². The number of halogens is 5. The van der Waals surface area contributed by atoms with Gasteiger partial charge in [-0.2, -0.15) is 18.2 Å². The van der Waals surface area contributed by atoms with Crippen molar-refractivity contribution in [1.82, 2.24) is 24.3 Å². The number of imidazole rings is 1. The molecule has 4 aromatic rings. The minimum atomic E-state index is -4.30. The highest BCUT2D eigenvalue weighted by atomic mass is 35.5. The second kappa shape index (κ2) is 8.62. The first-order chi connectivity index (χ1) is 18.1. The minimum absolute atomic E-state index is 0.00214. The van der Waals surface area contributed by atoms with E-state index in [0.29, 0.717) is 24.2 Å². The van der Waals surface area contributed by atoms with Crippen LogP contribution in [0.1, 0.15) is 42.5 Å². The van der Waals surface area contributed by atoms with Gasteiger partial charge in [0.25, 0.3) is 0 Å². The Morgan fingerprint density at radius 1 is 1.21 bits per heavy atom. The molecular weight excluding hydrogens is 528 g/mol. The molecule has 0 radical (unpaired) electrons. The molecule has 0 spiro atoms. The number of aromatic nitrogens is 5. The van der Waals surface area contributed by atoms with Gasteiger partial charge in [-0.05, 0) is 43.7 Å². The first kappa shape index (κ1) is 24.5. The maximum atomic E-state index is 15.1. The van der Waals surface area contributed by atoms with Crippen LogP contribution in [0.4, 0.5) is 23.4 Å². The smallest absolute Gasteiger partial charge is 0.389 e. The van der Waals surface area contributed by atoms with E-state index in [1.54, 1.807) is 10.6 Å². The van der Waals surface area contributed by atoms with Gasteiger partial charge in [0.15, 0.2) is 11.5 Å². The zero-order valence-corrected chi connectivity index (χ0v) is 20.3. The van der Waals surface area contributed by atoms with Crippen LogP contribution in [-0.2, 0) is 16.6 Å². The van der Waals surface area contributed by atoms with Crippen LogP contribution in [-0.4, -0.2) is 41.5 Å². The number of benzene rings is 1. The van der Waals surface area contributed by atoms with Gasteiger partial charge in [-0.1, -0.05) is 17.7 Å². The van der Waals surface area contributed by atoms with Gasteiger partial charge in [0.2, 0.25) is 11.8 Å². The molecule has 4 heterocycles. The number of rotatable bonds is 6. The predicted molar refractivity (Wildman–Crippen MR) is 128 cm³/mol. The second-order valence-corrected chi connectivity index (χ2v) is 9.89. The zero-order chi connectivity index (χ0) is 26.8. The highest BCUT2D eigenvalue weighted by Gasteiger charge is 2.61. The Hall–Kier alpha value is -3.80. The number of alkyl halides is 3. The number of nitrogens with zero attached hydrogens (tertiary/aromatic N) is 5. The molecule has 38 heavy (non-hydrogen) atoms. The maximum absolute atomic E-state index is 15.1. The fourth-order valence-electron chi connectivity index (χ4n) is 5.26. The number of fused-ring (bicyclic) bond motifs is 2. The average Bonchev–Trinajstić information content (AvgIpc) is 3.49. The van der Waals surface area contributed by atoms with E-state index < -0.39 is 35.6 Å². The third kappa shape index (κ3) is 3.94. The first-order valence-electron chi connectivity index (χ1n) is 11.9. The molecule has 2 aliphatic rings. The Morgan fingerprint density at radius 2 is 2.00 bits per heavy atom. The van der Waals surface area contributed by atoms with E-state index in [-0.39, 0.29) is 52.2 Å². The molecule has 1 unspecified atom stereocenters. The Labute approximate surface area is 217 Å². The van der Waals surface area contributed by atoms with Crippen LogP contribution in [0.25, 0.3) is 17.2 Å². The summed E-state index contributed by atoms with van der Waals surface area (Å²) >= 11 is 5.94. The number of hydrogen-bond acceptors (Lipinski definition) is 6. The van der Waals surface area contributed by atoms with Gasteiger partial charge in [0.1, 0.15) is 22.7 Å². The van der Waals surface area contributed by atoms with Gasteiger partial charge in [0.05, 0.1) is 11.3 Å². The molecule has 2 N–H and O–H groups in total. The SMILES string of the molecule is O=C1Nc2nc(-c3cn4ccnc4c(CCCC(F)(F)F)n3)nc(O)c2C1(c1ccc(Cl)cc1F)C1CC1. The molecule has 1 amide bonds. The summed E-state index contributed by atoms with van der Waals surface area (Å²) in [6.45, 7) is 0. The van der Waals surface area contributed by atoms with Crippen molar-refractivity contribution in [2.45, 2.75) is 43.7 Å². The highest BCUT2D eigenvalue weighted by molar-refractivity contribution is 6.30. The Morgan fingerprint density at radius 3 is 2.71 bits per heavy atom. The lowest BCUT2D eigenvalue weighted by atomic mass is 9.71. The van der Waals surface area contributed by atoms with Crippen LogP contribution in [0, 0.1) is 11.7 Å². The molecular formula is C25H19ClF4N6O2. The van der Waals surface area contributed by atoms with Crippen LogP contribution >= 0.6 is 11.6 Å². The first-order valence-corrected chi connectivity index (χ1v) is 12.2. The lowest BCUT2D eigenvalue weighted by molar-refractivity contribution is -0.135. The summed E-state index contributed by atoms with van der Waals surface area (Å²) in [4.78, 5) is 30.7. The van der Waals surface area contributed by atoms with Gasteiger partial charge in [-0.15, -0.1) is 0 Å². The van der Waals surface area contributed by atoms with E-state index in [2.05, 4.69) is 25.3 Å². The molecule has 1 aliphatic carbocycles. The summed E-state index contributed by atoms with van der Waals surface area (Å²) in [5.41, 5.74) is -0.537. The number of aromatic hydroxyl groups is 1. The summed E-state index contributed by atoms with van der Waals surface area (Å²) in [5.74, 6) is -2.06. The highest BCUT2D eigenvalue weighted by Crippen LogP contribution is 2.58. The van der Waals surface area contributed by atoms with Crippen LogP contribution < -0.4 is 5.32 Å². The number of amides is 1.